The molecule has 0 bridgehead atoms. The van der Waals surface area contributed by atoms with Gasteiger partial charge in [-0.15, -0.1) is 0 Å². The van der Waals surface area contributed by atoms with Crippen molar-refractivity contribution in [3.05, 3.63) is 72.9 Å². The Morgan fingerprint density at radius 3 is 0.853 bits per heavy atom. The summed E-state index contributed by atoms with van der Waals surface area (Å²) < 4.78 is 16.9. The monoisotopic (exact) mass is 949 g/mol. The lowest BCUT2D eigenvalue weighted by Gasteiger charge is -2.18. The molecule has 6 heteroatoms. The first-order valence-electron chi connectivity index (χ1n) is 28.9. The number of ether oxygens (including phenoxy) is 3. The van der Waals surface area contributed by atoms with Crippen LogP contribution in [0.1, 0.15) is 284 Å². The van der Waals surface area contributed by atoms with Gasteiger partial charge in [0.25, 0.3) is 0 Å². The van der Waals surface area contributed by atoms with Gasteiger partial charge in [-0.2, -0.15) is 0 Å². The largest absolute Gasteiger partial charge is 0.462 e. The third-order valence-electron chi connectivity index (χ3n) is 12.4. The third kappa shape index (κ3) is 53.8. The first kappa shape index (κ1) is 64.8. The number of hydrogen-bond donors (Lipinski definition) is 0. The molecule has 0 aromatic heterocycles. The van der Waals surface area contributed by atoms with Gasteiger partial charge in [0.05, 0.1) is 0 Å². The molecule has 0 heterocycles. The number of esters is 3. The van der Waals surface area contributed by atoms with Crippen LogP contribution in [-0.4, -0.2) is 37.2 Å². The lowest BCUT2D eigenvalue weighted by Crippen LogP contribution is -2.30. The number of unbranched alkanes of at least 4 members (excludes halogenated alkanes) is 29. The molecule has 0 aliphatic carbocycles. The zero-order valence-electron chi connectivity index (χ0n) is 44.9. The molecular weight excluding hydrogens is 841 g/mol. The fourth-order valence-electron chi connectivity index (χ4n) is 8.04. The summed E-state index contributed by atoms with van der Waals surface area (Å²) in [4.78, 5) is 38.1. The van der Waals surface area contributed by atoms with Crippen molar-refractivity contribution in [2.24, 2.45) is 0 Å². The minimum Gasteiger partial charge on any atom is -0.462 e. The molecule has 392 valence electrons. The summed E-state index contributed by atoms with van der Waals surface area (Å²) in [6.45, 7) is 6.58. The Hall–Kier alpha value is -3.15. The SMILES string of the molecule is CCCCC/C=C\C/C=C\C/C=C\CCCCCCCCC(=O)OCC(COC(=O)CCCCCCCCCCCCCC)OC(=O)CCCCCCCC/C=C\C/C=C\C/C=C\CCCCC. The van der Waals surface area contributed by atoms with Crippen LogP contribution < -0.4 is 0 Å². The molecule has 0 saturated heterocycles. The Morgan fingerprint density at radius 2 is 0.529 bits per heavy atom. The number of carbonyl (C=O) groups is 3. The Bertz CT molecular complexity index is 1270. The molecule has 0 amide bonds. The molecule has 0 aliphatic heterocycles. The molecule has 0 radical (unpaired) electrons. The predicted octanol–water partition coefficient (Wildman–Crippen LogP) is 19.4. The molecule has 0 saturated carbocycles. The molecule has 68 heavy (non-hydrogen) atoms. The Balaban J connectivity index is 4.40. The summed E-state index contributed by atoms with van der Waals surface area (Å²) in [6, 6.07) is 0. The quantitative estimate of drug-likeness (QED) is 0.0262. The molecule has 0 spiro atoms. The van der Waals surface area contributed by atoms with Gasteiger partial charge in [-0.05, 0) is 96.3 Å². The van der Waals surface area contributed by atoms with E-state index in [1.54, 1.807) is 0 Å². The number of carbonyl (C=O) groups excluding carboxylic acids is 3. The molecule has 0 rings (SSSR count). The first-order valence-corrected chi connectivity index (χ1v) is 28.9. The van der Waals surface area contributed by atoms with Crippen LogP contribution in [0.5, 0.6) is 0 Å². The first-order chi connectivity index (χ1) is 33.5. The molecule has 0 N–H and O–H groups in total. The second-order valence-corrected chi connectivity index (χ2v) is 19.2. The molecule has 6 nitrogen and oxygen atoms in total. The van der Waals surface area contributed by atoms with Gasteiger partial charge < -0.3 is 14.2 Å². The third-order valence-corrected chi connectivity index (χ3v) is 12.4. The van der Waals surface area contributed by atoms with Gasteiger partial charge in [-0.3, -0.25) is 14.4 Å². The van der Waals surface area contributed by atoms with Crippen molar-refractivity contribution in [2.45, 2.75) is 290 Å². The molecule has 0 fully saturated rings. The van der Waals surface area contributed by atoms with E-state index in [-0.39, 0.29) is 31.1 Å². The molecule has 0 aromatic carbocycles. The van der Waals surface area contributed by atoms with E-state index < -0.39 is 6.10 Å². The molecule has 1 atom stereocenters. The van der Waals surface area contributed by atoms with Crippen molar-refractivity contribution in [2.75, 3.05) is 13.2 Å². The maximum Gasteiger partial charge on any atom is 0.306 e. The normalized spacial score (nSPS) is 12.6. The lowest BCUT2D eigenvalue weighted by atomic mass is 10.0. The zero-order chi connectivity index (χ0) is 49.3. The topological polar surface area (TPSA) is 78.9 Å². The van der Waals surface area contributed by atoms with Gasteiger partial charge in [0.2, 0.25) is 0 Å². The number of hydrogen-bond acceptors (Lipinski definition) is 6. The Kier molecular flexibility index (Phi) is 53.8. The standard InChI is InChI=1S/C62H108O6/c1-4-7-10-13-16-19-22-25-27-29-31-33-35-37-40-43-46-49-52-55-61(64)67-58-59(57-66-60(63)54-51-48-45-42-39-24-21-18-15-12-9-6-3)68-62(65)56-53-50-47-44-41-38-36-34-32-30-28-26-23-20-17-14-11-8-5-2/h16-17,19-20,25-28,31-34,59H,4-15,18,21-24,29-30,35-58H2,1-3H3/b19-16-,20-17-,27-25-,28-26-,33-31-,34-32-. The van der Waals surface area contributed by atoms with Gasteiger partial charge in [0, 0.05) is 19.3 Å². The highest BCUT2D eigenvalue weighted by atomic mass is 16.6. The van der Waals surface area contributed by atoms with Gasteiger partial charge in [0.1, 0.15) is 13.2 Å². The van der Waals surface area contributed by atoms with Gasteiger partial charge in [0.15, 0.2) is 6.10 Å². The molecule has 0 aromatic rings. The summed E-state index contributed by atoms with van der Waals surface area (Å²) in [7, 11) is 0. The van der Waals surface area contributed by atoms with E-state index in [2.05, 4.69) is 93.7 Å². The van der Waals surface area contributed by atoms with Crippen LogP contribution in [0.25, 0.3) is 0 Å². The van der Waals surface area contributed by atoms with E-state index in [9.17, 15) is 14.4 Å². The highest BCUT2D eigenvalue weighted by Gasteiger charge is 2.19. The van der Waals surface area contributed by atoms with Crippen molar-refractivity contribution < 1.29 is 28.6 Å². The molecular formula is C62H108O6. The lowest BCUT2D eigenvalue weighted by molar-refractivity contribution is -0.167. The number of allylic oxidation sites excluding steroid dienone is 12. The van der Waals surface area contributed by atoms with Crippen LogP contribution in [0.4, 0.5) is 0 Å². The zero-order valence-corrected chi connectivity index (χ0v) is 44.9. The summed E-state index contributed by atoms with van der Waals surface area (Å²) >= 11 is 0. The van der Waals surface area contributed by atoms with Crippen molar-refractivity contribution in [1.29, 1.82) is 0 Å². The Labute approximate surface area is 421 Å². The van der Waals surface area contributed by atoms with E-state index in [4.69, 9.17) is 14.2 Å². The second-order valence-electron chi connectivity index (χ2n) is 19.2. The maximum atomic E-state index is 12.9. The van der Waals surface area contributed by atoms with Crippen molar-refractivity contribution in [3.8, 4) is 0 Å². The minimum atomic E-state index is -0.787. The smallest absolute Gasteiger partial charge is 0.306 e. The van der Waals surface area contributed by atoms with Crippen molar-refractivity contribution in [3.63, 3.8) is 0 Å². The fraction of sp³-hybridized carbons (Fsp3) is 0.758. The van der Waals surface area contributed by atoms with Crippen LogP contribution in [0.2, 0.25) is 0 Å². The van der Waals surface area contributed by atoms with Gasteiger partial charge in [-0.1, -0.05) is 241 Å². The summed E-state index contributed by atoms with van der Waals surface area (Å²) in [5.41, 5.74) is 0. The van der Waals surface area contributed by atoms with E-state index in [0.717, 1.165) is 103 Å². The van der Waals surface area contributed by atoms with Crippen LogP contribution in [0.3, 0.4) is 0 Å². The average molecular weight is 950 g/mol. The highest BCUT2D eigenvalue weighted by Crippen LogP contribution is 2.15. The van der Waals surface area contributed by atoms with E-state index >= 15 is 0 Å². The summed E-state index contributed by atoms with van der Waals surface area (Å²) in [5.74, 6) is -0.901. The van der Waals surface area contributed by atoms with Crippen LogP contribution >= 0.6 is 0 Å². The number of rotatable bonds is 52. The van der Waals surface area contributed by atoms with Gasteiger partial charge in [-0.25, -0.2) is 0 Å². The molecule has 0 aliphatic rings. The minimum absolute atomic E-state index is 0.0832. The average Bonchev–Trinajstić information content (AvgIpc) is 3.34. The second kappa shape index (κ2) is 56.4. The van der Waals surface area contributed by atoms with Crippen LogP contribution in [-0.2, 0) is 28.6 Å². The van der Waals surface area contributed by atoms with E-state index in [1.807, 2.05) is 0 Å². The fourth-order valence-corrected chi connectivity index (χ4v) is 8.04. The van der Waals surface area contributed by atoms with Crippen LogP contribution in [0.15, 0.2) is 72.9 Å². The van der Waals surface area contributed by atoms with Crippen LogP contribution in [0, 0.1) is 0 Å². The van der Waals surface area contributed by atoms with Crippen molar-refractivity contribution in [1.82, 2.24) is 0 Å². The van der Waals surface area contributed by atoms with Crippen molar-refractivity contribution >= 4 is 17.9 Å². The Morgan fingerprint density at radius 1 is 0.294 bits per heavy atom. The van der Waals surface area contributed by atoms with E-state index in [0.29, 0.717) is 19.3 Å². The summed E-state index contributed by atoms with van der Waals surface area (Å²) in [6.07, 6.45) is 71.7. The molecule has 1 unspecified atom stereocenters. The predicted molar refractivity (Wildman–Crippen MR) is 293 cm³/mol. The summed E-state index contributed by atoms with van der Waals surface area (Å²) in [5, 5.41) is 0. The van der Waals surface area contributed by atoms with Gasteiger partial charge >= 0.3 is 17.9 Å². The highest BCUT2D eigenvalue weighted by molar-refractivity contribution is 5.71. The maximum absolute atomic E-state index is 12.9. The van der Waals surface area contributed by atoms with E-state index in [1.165, 1.54) is 141 Å².